The second-order valence-corrected chi connectivity index (χ2v) is 3.51. The number of aliphatic hydroxyl groups excluding tert-OH is 2. The lowest BCUT2D eigenvalue weighted by molar-refractivity contribution is 0.159. The molecule has 0 saturated carbocycles. The normalized spacial score (nSPS) is 12.5. The van der Waals surface area contributed by atoms with Crippen molar-refractivity contribution >= 4 is 0 Å². The van der Waals surface area contributed by atoms with Crippen molar-refractivity contribution in [3.8, 4) is 5.75 Å². The molecule has 84 valence electrons. The van der Waals surface area contributed by atoms with Crippen molar-refractivity contribution in [1.29, 1.82) is 0 Å². The first-order valence-electron chi connectivity index (χ1n) is 5.21. The van der Waals surface area contributed by atoms with Gasteiger partial charge in [0, 0.05) is 6.61 Å². The van der Waals surface area contributed by atoms with Gasteiger partial charge in [0.15, 0.2) is 0 Å². The molecule has 0 aromatic heterocycles. The summed E-state index contributed by atoms with van der Waals surface area (Å²) in [7, 11) is 1.62. The van der Waals surface area contributed by atoms with Crippen molar-refractivity contribution in [2.75, 3.05) is 13.7 Å². The molecule has 3 heteroatoms. The first-order chi connectivity index (χ1) is 7.27. The number of hydrogen-bond donors (Lipinski definition) is 2. The Balaban J connectivity index is 2.46. The van der Waals surface area contributed by atoms with Crippen LogP contribution < -0.4 is 4.74 Å². The van der Waals surface area contributed by atoms with Crippen LogP contribution in [0.4, 0.5) is 0 Å². The van der Waals surface area contributed by atoms with E-state index in [1.54, 1.807) is 7.11 Å². The second kappa shape index (κ2) is 6.43. The van der Waals surface area contributed by atoms with Crippen LogP contribution >= 0.6 is 0 Å². The Morgan fingerprint density at radius 2 is 1.87 bits per heavy atom. The van der Waals surface area contributed by atoms with E-state index in [0.717, 1.165) is 24.2 Å². The highest BCUT2D eigenvalue weighted by molar-refractivity contribution is 5.28. The standard InChI is InChI=1S/C12H18O3/c1-15-11-7-5-10(6-8-11)12(14)4-2-3-9-13/h5-8,12-14H,2-4,9H2,1H3/t12-/m0/s1. The number of methoxy groups -OCH3 is 1. The minimum atomic E-state index is -0.442. The SMILES string of the molecule is COc1ccc([C@@H](O)CCCCO)cc1. The monoisotopic (exact) mass is 210 g/mol. The molecule has 0 unspecified atom stereocenters. The van der Waals surface area contributed by atoms with Gasteiger partial charge in [0.25, 0.3) is 0 Å². The average molecular weight is 210 g/mol. The Bertz CT molecular complexity index is 269. The Morgan fingerprint density at radius 1 is 1.20 bits per heavy atom. The summed E-state index contributed by atoms with van der Waals surface area (Å²) in [6.07, 6.45) is 1.83. The lowest BCUT2D eigenvalue weighted by Crippen LogP contribution is -1.98. The third kappa shape index (κ3) is 3.90. The van der Waals surface area contributed by atoms with Gasteiger partial charge in [-0.25, -0.2) is 0 Å². The van der Waals surface area contributed by atoms with Crippen LogP contribution in [0.2, 0.25) is 0 Å². The number of rotatable bonds is 6. The van der Waals surface area contributed by atoms with Gasteiger partial charge in [-0.1, -0.05) is 12.1 Å². The van der Waals surface area contributed by atoms with E-state index in [-0.39, 0.29) is 6.61 Å². The Kier molecular flexibility index (Phi) is 5.15. The summed E-state index contributed by atoms with van der Waals surface area (Å²) < 4.78 is 5.03. The number of benzene rings is 1. The topological polar surface area (TPSA) is 49.7 Å². The maximum absolute atomic E-state index is 9.79. The van der Waals surface area contributed by atoms with Crippen molar-refractivity contribution in [1.82, 2.24) is 0 Å². The number of hydrogen-bond acceptors (Lipinski definition) is 3. The van der Waals surface area contributed by atoms with E-state index in [4.69, 9.17) is 9.84 Å². The molecule has 3 nitrogen and oxygen atoms in total. The molecule has 0 aliphatic heterocycles. The van der Waals surface area contributed by atoms with Gasteiger partial charge in [-0.2, -0.15) is 0 Å². The van der Waals surface area contributed by atoms with Crippen molar-refractivity contribution in [2.24, 2.45) is 0 Å². The van der Waals surface area contributed by atoms with Gasteiger partial charge < -0.3 is 14.9 Å². The van der Waals surface area contributed by atoms with Gasteiger partial charge >= 0.3 is 0 Å². The van der Waals surface area contributed by atoms with Crippen LogP contribution in [0.3, 0.4) is 0 Å². The fourth-order valence-corrected chi connectivity index (χ4v) is 1.44. The zero-order valence-electron chi connectivity index (χ0n) is 9.02. The maximum atomic E-state index is 9.79. The summed E-state index contributed by atoms with van der Waals surface area (Å²) in [5.74, 6) is 0.793. The smallest absolute Gasteiger partial charge is 0.118 e. The third-order valence-corrected chi connectivity index (χ3v) is 2.39. The fraction of sp³-hybridized carbons (Fsp3) is 0.500. The summed E-state index contributed by atoms with van der Waals surface area (Å²) in [5.41, 5.74) is 0.897. The second-order valence-electron chi connectivity index (χ2n) is 3.51. The molecule has 0 bridgehead atoms. The van der Waals surface area contributed by atoms with Crippen LogP contribution in [0.1, 0.15) is 30.9 Å². The molecule has 0 amide bonds. The van der Waals surface area contributed by atoms with Gasteiger partial charge in [0.2, 0.25) is 0 Å². The summed E-state index contributed by atoms with van der Waals surface area (Å²) in [5, 5.41) is 18.4. The quantitative estimate of drug-likeness (QED) is 0.705. The minimum Gasteiger partial charge on any atom is -0.497 e. The summed E-state index contributed by atoms with van der Waals surface area (Å²) in [6.45, 7) is 0.190. The molecular weight excluding hydrogens is 192 g/mol. The van der Waals surface area contributed by atoms with E-state index in [1.807, 2.05) is 24.3 Å². The maximum Gasteiger partial charge on any atom is 0.118 e. The van der Waals surface area contributed by atoms with Crippen molar-refractivity contribution < 1.29 is 14.9 Å². The Morgan fingerprint density at radius 3 is 2.40 bits per heavy atom. The predicted molar refractivity (Wildman–Crippen MR) is 58.9 cm³/mol. The summed E-state index contributed by atoms with van der Waals surface area (Å²) in [6, 6.07) is 7.40. The molecule has 0 spiro atoms. The van der Waals surface area contributed by atoms with Crippen LogP contribution in [0.5, 0.6) is 5.75 Å². The largest absolute Gasteiger partial charge is 0.497 e. The van der Waals surface area contributed by atoms with Gasteiger partial charge in [-0.05, 0) is 37.0 Å². The molecule has 0 fully saturated rings. The first-order valence-corrected chi connectivity index (χ1v) is 5.21. The summed E-state index contributed by atoms with van der Waals surface area (Å²) in [4.78, 5) is 0. The molecule has 1 aromatic rings. The number of unbranched alkanes of at least 4 members (excludes halogenated alkanes) is 1. The zero-order valence-corrected chi connectivity index (χ0v) is 9.02. The molecular formula is C12H18O3. The minimum absolute atomic E-state index is 0.190. The van der Waals surface area contributed by atoms with E-state index >= 15 is 0 Å². The first kappa shape index (κ1) is 12.0. The average Bonchev–Trinajstić information content (AvgIpc) is 2.29. The lowest BCUT2D eigenvalue weighted by atomic mass is 10.0. The van der Waals surface area contributed by atoms with E-state index in [2.05, 4.69) is 0 Å². The Labute approximate surface area is 90.3 Å². The third-order valence-electron chi connectivity index (χ3n) is 2.39. The van der Waals surface area contributed by atoms with Gasteiger partial charge in [0.1, 0.15) is 5.75 Å². The zero-order chi connectivity index (χ0) is 11.1. The molecule has 1 rings (SSSR count). The van der Waals surface area contributed by atoms with Crippen LogP contribution in [0.15, 0.2) is 24.3 Å². The lowest BCUT2D eigenvalue weighted by Gasteiger charge is -2.10. The molecule has 0 aliphatic rings. The fourth-order valence-electron chi connectivity index (χ4n) is 1.44. The van der Waals surface area contributed by atoms with Gasteiger partial charge in [0.05, 0.1) is 13.2 Å². The van der Waals surface area contributed by atoms with Crippen molar-refractivity contribution in [2.45, 2.75) is 25.4 Å². The van der Waals surface area contributed by atoms with Crippen LogP contribution in [-0.4, -0.2) is 23.9 Å². The highest BCUT2D eigenvalue weighted by Gasteiger charge is 2.06. The number of aliphatic hydroxyl groups is 2. The molecule has 0 radical (unpaired) electrons. The molecule has 0 heterocycles. The molecule has 2 N–H and O–H groups in total. The Hall–Kier alpha value is -1.06. The predicted octanol–water partition coefficient (Wildman–Crippen LogP) is 1.89. The van der Waals surface area contributed by atoms with Crippen LogP contribution in [0.25, 0.3) is 0 Å². The molecule has 0 saturated heterocycles. The van der Waals surface area contributed by atoms with Crippen LogP contribution in [0, 0.1) is 0 Å². The van der Waals surface area contributed by atoms with Gasteiger partial charge in [-0.3, -0.25) is 0 Å². The highest BCUT2D eigenvalue weighted by Crippen LogP contribution is 2.21. The van der Waals surface area contributed by atoms with Gasteiger partial charge in [-0.15, -0.1) is 0 Å². The van der Waals surface area contributed by atoms with Crippen molar-refractivity contribution in [3.05, 3.63) is 29.8 Å². The number of ether oxygens (including phenoxy) is 1. The molecule has 15 heavy (non-hydrogen) atoms. The molecule has 0 aliphatic carbocycles. The van der Waals surface area contributed by atoms with E-state index in [0.29, 0.717) is 6.42 Å². The van der Waals surface area contributed by atoms with Crippen LogP contribution in [-0.2, 0) is 0 Å². The van der Waals surface area contributed by atoms with E-state index in [9.17, 15) is 5.11 Å². The van der Waals surface area contributed by atoms with Crippen molar-refractivity contribution in [3.63, 3.8) is 0 Å². The highest BCUT2D eigenvalue weighted by atomic mass is 16.5. The van der Waals surface area contributed by atoms with E-state index < -0.39 is 6.10 Å². The van der Waals surface area contributed by atoms with E-state index in [1.165, 1.54) is 0 Å². The summed E-state index contributed by atoms with van der Waals surface area (Å²) >= 11 is 0. The molecule has 1 aromatic carbocycles. The molecule has 1 atom stereocenters.